The minimum Gasteiger partial charge on any atom is -0.454 e. The van der Waals surface area contributed by atoms with Gasteiger partial charge in [0.2, 0.25) is 5.69 Å². The highest BCUT2D eigenvalue weighted by atomic mass is 16.3. The first kappa shape index (κ1) is 15.8. The molecule has 3 heteroatoms. The van der Waals surface area contributed by atoms with Gasteiger partial charge in [-0.25, -0.2) is 0 Å². The number of hydrogen-bond donors (Lipinski definition) is 0. The molecule has 0 bridgehead atoms. The lowest BCUT2D eigenvalue weighted by molar-refractivity contribution is -0.667. The van der Waals surface area contributed by atoms with Crippen molar-refractivity contribution in [1.82, 2.24) is 0 Å². The fraction of sp³-hybridized carbons (Fsp3) is 0.200. The summed E-state index contributed by atoms with van der Waals surface area (Å²) in [6, 6.07) is 11.6. The van der Waals surface area contributed by atoms with Gasteiger partial charge >= 0.3 is 0 Å². The van der Waals surface area contributed by atoms with Gasteiger partial charge in [0.05, 0.1) is 24.0 Å². The molecule has 3 nitrogen and oxygen atoms in total. The first-order valence-corrected chi connectivity index (χ1v) is 10.9. The number of hydrogen-bond acceptors (Lipinski definition) is 2. The van der Waals surface area contributed by atoms with Crippen molar-refractivity contribution >= 4 is 21.9 Å². The van der Waals surface area contributed by atoms with Crippen LogP contribution >= 0.6 is 0 Å². The van der Waals surface area contributed by atoms with Gasteiger partial charge in [0, 0.05) is 34.9 Å². The zero-order valence-electron chi connectivity index (χ0n) is 24.3. The number of furan rings is 1. The van der Waals surface area contributed by atoms with E-state index in [1.54, 1.807) is 6.07 Å². The van der Waals surface area contributed by atoms with Crippen molar-refractivity contribution in [3.05, 3.63) is 89.0 Å². The molecule has 0 atom stereocenters. The summed E-state index contributed by atoms with van der Waals surface area (Å²) in [5, 5.41) is 11.2. The highest BCUT2D eigenvalue weighted by molar-refractivity contribution is 6.13. The molecule has 0 unspecified atom stereocenters. The molecule has 3 aromatic carbocycles. The summed E-state index contributed by atoms with van der Waals surface area (Å²) in [5.41, 5.74) is 6.91. The fourth-order valence-corrected chi connectivity index (χ4v) is 4.63. The van der Waals surface area contributed by atoms with E-state index in [4.69, 9.17) is 11.3 Å². The molecule has 2 aromatic heterocycles. The average molecular weight is 437 g/mol. The Labute approximate surface area is 201 Å². The average Bonchev–Trinajstić information content (AvgIpc) is 3.26. The van der Waals surface area contributed by atoms with Gasteiger partial charge in [-0.15, -0.1) is 0 Å². The summed E-state index contributed by atoms with van der Waals surface area (Å²) in [7, 11) is 2.03. The Morgan fingerprint density at radius 2 is 1.73 bits per heavy atom. The fourth-order valence-electron chi connectivity index (χ4n) is 4.63. The second kappa shape index (κ2) is 7.90. The zero-order chi connectivity index (χ0) is 27.6. The highest BCUT2D eigenvalue weighted by Gasteiger charge is 2.24. The molecule has 0 amide bonds. The minimum atomic E-state index is -0.466. The van der Waals surface area contributed by atoms with Gasteiger partial charge in [0.1, 0.15) is 18.2 Å². The molecule has 5 rings (SSSR count). The molecule has 33 heavy (non-hydrogen) atoms. The quantitative estimate of drug-likeness (QED) is 0.277. The van der Waals surface area contributed by atoms with Crippen molar-refractivity contribution < 1.29 is 15.8 Å². The Morgan fingerprint density at radius 1 is 0.970 bits per heavy atom. The van der Waals surface area contributed by atoms with Crippen LogP contribution in [0.3, 0.4) is 0 Å². The molecule has 0 aliphatic rings. The van der Waals surface area contributed by atoms with Crippen LogP contribution < -0.4 is 4.57 Å². The van der Waals surface area contributed by atoms with E-state index >= 15 is 0 Å². The molecule has 0 radical (unpaired) electrons. The normalized spacial score (nSPS) is 13.5. The maximum Gasteiger partial charge on any atom is 0.216 e. The molecule has 0 spiro atoms. The number of pyridine rings is 1. The molecule has 0 saturated carbocycles. The van der Waals surface area contributed by atoms with Crippen LogP contribution in [0.2, 0.25) is 0 Å². The number of nitriles is 1. The molecule has 162 valence electrons. The molecule has 0 fully saturated rings. The van der Waals surface area contributed by atoms with E-state index in [0.717, 1.165) is 27.9 Å². The van der Waals surface area contributed by atoms with Gasteiger partial charge in [-0.1, -0.05) is 56.2 Å². The monoisotopic (exact) mass is 436 g/mol. The Morgan fingerprint density at radius 3 is 2.42 bits per heavy atom. The number of fused-ring (bicyclic) bond motifs is 3. The predicted molar refractivity (Wildman–Crippen MR) is 134 cm³/mol. The van der Waals surface area contributed by atoms with Gasteiger partial charge in [-0.3, -0.25) is 0 Å². The van der Waals surface area contributed by atoms with Crippen molar-refractivity contribution in [3.63, 3.8) is 0 Å². The van der Waals surface area contributed by atoms with Crippen LogP contribution in [0.5, 0.6) is 0 Å². The third-order valence-electron chi connectivity index (χ3n) is 6.43. The molecule has 0 aliphatic heterocycles. The van der Waals surface area contributed by atoms with Crippen molar-refractivity contribution in [2.24, 2.45) is 7.05 Å². The van der Waals surface area contributed by atoms with Gasteiger partial charge in [-0.05, 0) is 42.2 Å². The van der Waals surface area contributed by atoms with E-state index in [1.807, 2.05) is 26.1 Å². The lowest BCUT2D eigenvalue weighted by Gasteiger charge is -2.11. The van der Waals surface area contributed by atoms with Crippen LogP contribution in [0.15, 0.2) is 71.0 Å². The van der Waals surface area contributed by atoms with E-state index < -0.39 is 18.1 Å². The maximum absolute atomic E-state index is 9.80. The third-order valence-corrected chi connectivity index (χ3v) is 6.43. The lowest BCUT2D eigenvalue weighted by atomic mass is 9.96. The number of nitrogens with zero attached hydrogens (tertiary/aromatic N) is 2. The number of aromatic nitrogens is 1. The van der Waals surface area contributed by atoms with E-state index in [1.165, 1.54) is 11.6 Å². The molecular weight excluding hydrogens is 404 g/mol. The summed E-state index contributed by atoms with van der Waals surface area (Å²) >= 11 is 0. The van der Waals surface area contributed by atoms with E-state index in [2.05, 4.69) is 43.5 Å². The molecule has 2 heterocycles. The summed E-state index contributed by atoms with van der Waals surface area (Å²) in [4.78, 5) is 0. The largest absolute Gasteiger partial charge is 0.454 e. The van der Waals surface area contributed by atoms with Crippen molar-refractivity contribution in [1.29, 1.82) is 5.26 Å². The SMILES string of the molecule is [2H]c1c([2H])c([2H])c(-c2cc(C#N)cc3c2oc2c(-c4ccc(C(C)C)c(C)[n+]4C)c(C)ccc23)c([2H])c1[2H]. The Bertz CT molecular complexity index is 1820. The Balaban J connectivity index is 1.92. The summed E-state index contributed by atoms with van der Waals surface area (Å²) in [6.07, 6.45) is 0. The molecular formula is C30H27N2O+. The Kier molecular flexibility index (Phi) is 3.79. The number of aryl methyl sites for hydroxylation is 1. The van der Waals surface area contributed by atoms with Crippen LogP contribution in [0.1, 0.15) is 49.0 Å². The van der Waals surface area contributed by atoms with Crippen molar-refractivity contribution in [2.45, 2.75) is 33.6 Å². The smallest absolute Gasteiger partial charge is 0.216 e. The van der Waals surface area contributed by atoms with Crippen LogP contribution in [-0.2, 0) is 7.05 Å². The van der Waals surface area contributed by atoms with E-state index in [0.29, 0.717) is 33.6 Å². The second-order valence-corrected chi connectivity index (χ2v) is 8.72. The van der Waals surface area contributed by atoms with Gasteiger partial charge in [0.25, 0.3) is 0 Å². The molecule has 0 aliphatic carbocycles. The molecule has 5 aromatic rings. The first-order valence-electron chi connectivity index (χ1n) is 13.4. The standard InChI is InChI=1S/C30H27N2O/c1-18(2)23-13-14-27(32(5)20(23)4)28-19(3)11-12-24-26-16-21(17-31)15-25(29(26)33-30(24)28)22-9-7-6-8-10-22/h6-16,18H,1-5H3/q+1/i6D,7D,8D,9D,10D. The van der Waals surface area contributed by atoms with E-state index in [9.17, 15) is 5.26 Å². The van der Waals surface area contributed by atoms with Crippen molar-refractivity contribution in [2.75, 3.05) is 0 Å². The minimum absolute atomic E-state index is 0.0121. The predicted octanol–water partition coefficient (Wildman–Crippen LogP) is 7.36. The summed E-state index contributed by atoms with van der Waals surface area (Å²) in [5.74, 6) is 0.377. The van der Waals surface area contributed by atoms with E-state index in [-0.39, 0.29) is 17.6 Å². The first-order chi connectivity index (χ1) is 18.0. The van der Waals surface area contributed by atoms with Gasteiger partial charge in [0.15, 0.2) is 5.69 Å². The van der Waals surface area contributed by atoms with Gasteiger partial charge in [-0.2, -0.15) is 9.83 Å². The lowest BCUT2D eigenvalue weighted by Crippen LogP contribution is -2.36. The number of benzene rings is 3. The van der Waals surface area contributed by atoms with Crippen LogP contribution in [-0.4, -0.2) is 0 Å². The van der Waals surface area contributed by atoms with Crippen LogP contribution in [0.4, 0.5) is 0 Å². The zero-order valence-corrected chi connectivity index (χ0v) is 19.3. The van der Waals surface area contributed by atoms with Crippen LogP contribution in [0, 0.1) is 25.2 Å². The van der Waals surface area contributed by atoms with Crippen LogP contribution in [0.25, 0.3) is 44.3 Å². The molecule has 0 N–H and O–H groups in total. The summed E-state index contributed by atoms with van der Waals surface area (Å²) in [6.45, 7) is 8.45. The highest BCUT2D eigenvalue weighted by Crippen LogP contribution is 2.41. The van der Waals surface area contributed by atoms with Crippen molar-refractivity contribution in [3.8, 4) is 28.5 Å². The number of rotatable bonds is 3. The summed E-state index contributed by atoms with van der Waals surface area (Å²) < 4.78 is 50.0. The maximum atomic E-state index is 9.80. The topological polar surface area (TPSA) is 40.8 Å². The van der Waals surface area contributed by atoms with Gasteiger partial charge < -0.3 is 4.42 Å². The second-order valence-electron chi connectivity index (χ2n) is 8.72. The Hall–Kier alpha value is -3.90. The molecule has 0 saturated heterocycles. The third kappa shape index (κ3) is 3.31.